The Balaban J connectivity index is 2.28. The molecule has 5 nitrogen and oxygen atoms in total. The SMILES string of the molecule is CC/C(Cl)=N\OC(=O)NC1=NCCS1. The number of oxime groups is 1. The van der Waals surface area contributed by atoms with Gasteiger partial charge in [-0.1, -0.05) is 35.4 Å². The van der Waals surface area contributed by atoms with Crippen LogP contribution in [0.3, 0.4) is 0 Å². The van der Waals surface area contributed by atoms with E-state index in [4.69, 9.17) is 11.6 Å². The lowest BCUT2D eigenvalue weighted by molar-refractivity contribution is 0.156. The molecule has 0 bridgehead atoms. The Morgan fingerprint density at radius 1 is 1.86 bits per heavy atom. The molecule has 0 saturated heterocycles. The van der Waals surface area contributed by atoms with Crippen LogP contribution >= 0.6 is 23.4 Å². The van der Waals surface area contributed by atoms with Crippen LogP contribution < -0.4 is 5.32 Å². The number of amides is 1. The number of nitrogens with one attached hydrogen (secondary N) is 1. The van der Waals surface area contributed by atoms with Crippen molar-refractivity contribution in [2.75, 3.05) is 12.3 Å². The summed E-state index contributed by atoms with van der Waals surface area (Å²) in [5.41, 5.74) is 0. The number of aliphatic imine (C=N–C) groups is 1. The summed E-state index contributed by atoms with van der Waals surface area (Å²) in [5.74, 6) is 0.884. The maximum Gasteiger partial charge on any atom is 0.439 e. The monoisotopic (exact) mass is 235 g/mol. The number of amidine groups is 1. The quantitative estimate of drug-likeness (QED) is 0.451. The van der Waals surface area contributed by atoms with E-state index in [0.29, 0.717) is 11.6 Å². The summed E-state index contributed by atoms with van der Waals surface area (Å²) in [5, 5.41) is 6.65. The molecule has 78 valence electrons. The lowest BCUT2D eigenvalue weighted by Crippen LogP contribution is -2.26. The molecule has 1 N–H and O–H groups in total. The third kappa shape index (κ3) is 3.97. The largest absolute Gasteiger partial charge is 0.439 e. The second-order valence-electron chi connectivity index (χ2n) is 2.36. The van der Waals surface area contributed by atoms with Gasteiger partial charge in [-0.05, 0) is 0 Å². The molecule has 0 atom stereocenters. The van der Waals surface area contributed by atoms with E-state index in [1.807, 2.05) is 6.92 Å². The average molecular weight is 236 g/mol. The maximum atomic E-state index is 11.0. The minimum Gasteiger partial charge on any atom is -0.297 e. The molecule has 0 fully saturated rings. The van der Waals surface area contributed by atoms with Gasteiger partial charge in [-0.3, -0.25) is 15.1 Å². The highest BCUT2D eigenvalue weighted by Gasteiger charge is 2.11. The molecule has 1 rings (SSSR count). The molecular weight excluding hydrogens is 226 g/mol. The van der Waals surface area contributed by atoms with E-state index in [2.05, 4.69) is 20.3 Å². The Bertz CT molecular complexity index is 280. The van der Waals surface area contributed by atoms with Crippen molar-refractivity contribution in [1.29, 1.82) is 0 Å². The van der Waals surface area contributed by atoms with Crippen LogP contribution in [0.1, 0.15) is 13.3 Å². The average Bonchev–Trinajstić information content (AvgIpc) is 2.66. The lowest BCUT2D eigenvalue weighted by atomic mass is 10.5. The smallest absolute Gasteiger partial charge is 0.297 e. The lowest BCUT2D eigenvalue weighted by Gasteiger charge is -2.00. The summed E-state index contributed by atoms with van der Waals surface area (Å²) < 4.78 is 0. The standard InChI is InChI=1S/C7H10ClN3O2S/c1-2-5(8)11-13-7(12)10-6-9-3-4-14-6/h2-4H2,1H3,(H,9,10,12)/b11-5+. The van der Waals surface area contributed by atoms with Gasteiger partial charge in [-0.2, -0.15) is 0 Å². The third-order valence-electron chi connectivity index (χ3n) is 1.31. The van der Waals surface area contributed by atoms with E-state index >= 15 is 0 Å². The fourth-order valence-electron chi connectivity index (χ4n) is 0.676. The zero-order valence-electron chi connectivity index (χ0n) is 7.62. The van der Waals surface area contributed by atoms with E-state index in [1.165, 1.54) is 11.8 Å². The van der Waals surface area contributed by atoms with Gasteiger partial charge in [0.25, 0.3) is 0 Å². The Morgan fingerprint density at radius 2 is 2.64 bits per heavy atom. The summed E-state index contributed by atoms with van der Waals surface area (Å²) in [6, 6.07) is 0. The first-order valence-corrected chi connectivity index (χ1v) is 5.46. The molecule has 0 radical (unpaired) electrons. The van der Waals surface area contributed by atoms with E-state index in [9.17, 15) is 4.79 Å². The van der Waals surface area contributed by atoms with Gasteiger partial charge in [-0.15, -0.1) is 0 Å². The molecule has 0 aliphatic carbocycles. The summed E-state index contributed by atoms with van der Waals surface area (Å²) in [6.45, 7) is 2.53. The minimum absolute atomic E-state index is 0.251. The van der Waals surface area contributed by atoms with Crippen LogP contribution in [0.15, 0.2) is 10.1 Å². The van der Waals surface area contributed by atoms with Crippen LogP contribution in [-0.4, -0.2) is 28.7 Å². The topological polar surface area (TPSA) is 63.0 Å². The van der Waals surface area contributed by atoms with Crippen LogP contribution in [0.5, 0.6) is 0 Å². The highest BCUT2D eigenvalue weighted by atomic mass is 35.5. The fourth-order valence-corrected chi connectivity index (χ4v) is 1.42. The molecule has 0 aromatic heterocycles. The first-order chi connectivity index (χ1) is 6.72. The number of carbonyl (C=O) groups excluding carboxylic acids is 1. The van der Waals surface area contributed by atoms with Crippen molar-refractivity contribution in [3.63, 3.8) is 0 Å². The number of hydrogen-bond acceptors (Lipinski definition) is 5. The predicted molar refractivity (Wildman–Crippen MR) is 58.0 cm³/mol. The number of thioether (sulfide) groups is 1. The van der Waals surface area contributed by atoms with Crippen LogP contribution in [-0.2, 0) is 4.84 Å². The zero-order valence-corrected chi connectivity index (χ0v) is 9.19. The summed E-state index contributed by atoms with van der Waals surface area (Å²) in [4.78, 5) is 19.5. The molecule has 0 saturated carbocycles. The van der Waals surface area contributed by atoms with Gasteiger partial charge in [0.05, 0.1) is 6.54 Å². The Kier molecular flexibility index (Phi) is 4.75. The molecule has 0 unspecified atom stereocenters. The van der Waals surface area contributed by atoms with Crippen molar-refractivity contribution in [3.05, 3.63) is 0 Å². The molecule has 0 spiro atoms. The van der Waals surface area contributed by atoms with E-state index in [-0.39, 0.29) is 5.17 Å². The van der Waals surface area contributed by atoms with Crippen molar-refractivity contribution in [2.24, 2.45) is 10.1 Å². The normalized spacial score (nSPS) is 16.4. The van der Waals surface area contributed by atoms with Gasteiger partial charge in [-0.25, -0.2) is 4.79 Å². The van der Waals surface area contributed by atoms with Crippen LogP contribution in [0.2, 0.25) is 0 Å². The third-order valence-corrected chi connectivity index (χ3v) is 2.54. The molecular formula is C7H10ClN3O2S. The molecule has 7 heteroatoms. The van der Waals surface area contributed by atoms with E-state index < -0.39 is 6.09 Å². The van der Waals surface area contributed by atoms with Crippen molar-refractivity contribution in [3.8, 4) is 0 Å². The highest BCUT2D eigenvalue weighted by molar-refractivity contribution is 8.14. The number of halogens is 1. The molecule has 1 heterocycles. The Morgan fingerprint density at radius 3 is 3.21 bits per heavy atom. The van der Waals surface area contributed by atoms with Gasteiger partial charge >= 0.3 is 6.09 Å². The second-order valence-corrected chi connectivity index (χ2v) is 3.88. The number of carbonyl (C=O) groups is 1. The number of hydrogen-bond donors (Lipinski definition) is 1. The minimum atomic E-state index is -0.662. The molecule has 0 aromatic carbocycles. The highest BCUT2D eigenvalue weighted by Crippen LogP contribution is 2.08. The number of rotatable bonds is 2. The fraction of sp³-hybridized carbons (Fsp3) is 0.571. The molecule has 14 heavy (non-hydrogen) atoms. The first-order valence-electron chi connectivity index (χ1n) is 4.10. The zero-order chi connectivity index (χ0) is 10.4. The Hall–Kier alpha value is -0.750. The van der Waals surface area contributed by atoms with E-state index in [1.54, 1.807) is 0 Å². The summed E-state index contributed by atoms with van der Waals surface area (Å²) in [7, 11) is 0. The van der Waals surface area contributed by atoms with Gasteiger partial charge in [0.2, 0.25) is 0 Å². The van der Waals surface area contributed by atoms with Gasteiger partial charge < -0.3 is 0 Å². The first kappa shape index (κ1) is 11.3. The van der Waals surface area contributed by atoms with Gasteiger partial charge in [0.15, 0.2) is 5.17 Å². The van der Waals surface area contributed by atoms with Crippen LogP contribution in [0.25, 0.3) is 0 Å². The Labute approximate surface area is 90.9 Å². The van der Waals surface area contributed by atoms with Crippen LogP contribution in [0, 0.1) is 0 Å². The molecule has 0 aromatic rings. The summed E-state index contributed by atoms with van der Waals surface area (Å²) in [6.07, 6.45) is -0.130. The second kappa shape index (κ2) is 5.87. The molecule has 1 amide bonds. The van der Waals surface area contributed by atoms with Crippen LogP contribution in [0.4, 0.5) is 4.79 Å². The van der Waals surface area contributed by atoms with Crippen molar-refractivity contribution in [1.82, 2.24) is 5.32 Å². The van der Waals surface area contributed by atoms with Crippen molar-refractivity contribution >= 4 is 39.8 Å². The molecule has 1 aliphatic rings. The van der Waals surface area contributed by atoms with Crippen molar-refractivity contribution in [2.45, 2.75) is 13.3 Å². The van der Waals surface area contributed by atoms with Crippen molar-refractivity contribution < 1.29 is 9.63 Å². The summed E-state index contributed by atoms with van der Waals surface area (Å²) >= 11 is 7.00. The van der Waals surface area contributed by atoms with E-state index in [0.717, 1.165) is 12.3 Å². The van der Waals surface area contributed by atoms with Gasteiger partial charge in [0.1, 0.15) is 5.17 Å². The number of nitrogens with zero attached hydrogens (tertiary/aromatic N) is 2. The molecule has 1 aliphatic heterocycles. The maximum absolute atomic E-state index is 11.0. The van der Waals surface area contributed by atoms with Gasteiger partial charge in [0, 0.05) is 12.2 Å². The predicted octanol–water partition coefficient (Wildman–Crippen LogP) is 1.78.